The van der Waals surface area contributed by atoms with Crippen LogP contribution in [0, 0.1) is 13.8 Å². The summed E-state index contributed by atoms with van der Waals surface area (Å²) in [6.45, 7) is 8.79. The van der Waals surface area contributed by atoms with Crippen molar-refractivity contribution < 1.29 is 9.90 Å². The van der Waals surface area contributed by atoms with Gasteiger partial charge < -0.3 is 15.3 Å². The van der Waals surface area contributed by atoms with Crippen molar-refractivity contribution in [1.29, 1.82) is 0 Å². The van der Waals surface area contributed by atoms with Crippen molar-refractivity contribution in [2.24, 2.45) is 0 Å². The molecule has 3 aromatic rings. The Balaban J connectivity index is 1.27. The number of benzene rings is 2. The number of hydrogen-bond acceptors (Lipinski definition) is 5. The number of anilines is 1. The SMILES string of the molecule is Cc1nn(Cc2ccccc2)c(C)c1CNC(=O)CN1CCN(c2ccccc2O)CC1. The van der Waals surface area contributed by atoms with Gasteiger partial charge in [-0.1, -0.05) is 42.5 Å². The molecular formula is C25H31N5O2. The molecule has 168 valence electrons. The first kappa shape index (κ1) is 21.9. The molecule has 2 aromatic carbocycles. The topological polar surface area (TPSA) is 73.6 Å². The molecule has 0 aliphatic carbocycles. The van der Waals surface area contributed by atoms with Crippen molar-refractivity contribution in [2.75, 3.05) is 37.6 Å². The van der Waals surface area contributed by atoms with E-state index in [0.29, 0.717) is 18.8 Å². The molecule has 0 saturated carbocycles. The van der Waals surface area contributed by atoms with Crippen LogP contribution in [-0.4, -0.2) is 58.4 Å². The summed E-state index contributed by atoms with van der Waals surface area (Å²) in [5.74, 6) is 0.327. The fourth-order valence-electron chi connectivity index (χ4n) is 4.22. The van der Waals surface area contributed by atoms with E-state index in [2.05, 4.69) is 39.3 Å². The van der Waals surface area contributed by atoms with Gasteiger partial charge in [0.15, 0.2) is 0 Å². The molecule has 1 amide bonds. The second-order valence-corrected chi connectivity index (χ2v) is 8.32. The molecule has 0 bridgehead atoms. The molecule has 0 spiro atoms. The van der Waals surface area contributed by atoms with Gasteiger partial charge in [0.1, 0.15) is 5.75 Å². The predicted octanol–water partition coefficient (Wildman–Crippen LogP) is 2.69. The summed E-state index contributed by atoms with van der Waals surface area (Å²) in [5.41, 5.74) is 5.18. The molecule has 2 heterocycles. The van der Waals surface area contributed by atoms with Crippen LogP contribution < -0.4 is 10.2 Å². The number of para-hydroxylation sites is 2. The van der Waals surface area contributed by atoms with Crippen molar-refractivity contribution in [3.63, 3.8) is 0 Å². The zero-order valence-electron chi connectivity index (χ0n) is 18.8. The maximum absolute atomic E-state index is 12.6. The van der Waals surface area contributed by atoms with E-state index < -0.39 is 0 Å². The highest BCUT2D eigenvalue weighted by atomic mass is 16.3. The Labute approximate surface area is 189 Å². The molecule has 2 N–H and O–H groups in total. The normalized spacial score (nSPS) is 14.5. The van der Waals surface area contributed by atoms with Crippen molar-refractivity contribution in [3.05, 3.63) is 77.1 Å². The molecule has 4 rings (SSSR count). The Kier molecular flexibility index (Phi) is 6.75. The van der Waals surface area contributed by atoms with Crippen LogP contribution in [0.3, 0.4) is 0 Å². The second kappa shape index (κ2) is 9.87. The third kappa shape index (κ3) is 5.11. The second-order valence-electron chi connectivity index (χ2n) is 8.32. The lowest BCUT2D eigenvalue weighted by atomic mass is 10.2. The molecular weight excluding hydrogens is 402 g/mol. The first-order valence-electron chi connectivity index (χ1n) is 11.1. The number of amides is 1. The molecule has 0 unspecified atom stereocenters. The fraction of sp³-hybridized carbons (Fsp3) is 0.360. The monoisotopic (exact) mass is 433 g/mol. The number of aromatic nitrogens is 2. The lowest BCUT2D eigenvalue weighted by molar-refractivity contribution is -0.122. The first-order valence-corrected chi connectivity index (χ1v) is 11.1. The quantitative estimate of drug-likeness (QED) is 0.599. The summed E-state index contributed by atoms with van der Waals surface area (Å²) in [7, 11) is 0. The summed E-state index contributed by atoms with van der Waals surface area (Å²) in [6, 6.07) is 17.7. The van der Waals surface area contributed by atoms with Crippen LogP contribution >= 0.6 is 0 Å². The Morgan fingerprint density at radius 1 is 1.00 bits per heavy atom. The van der Waals surface area contributed by atoms with E-state index in [4.69, 9.17) is 0 Å². The summed E-state index contributed by atoms with van der Waals surface area (Å²) in [6.07, 6.45) is 0. The van der Waals surface area contributed by atoms with Gasteiger partial charge in [-0.2, -0.15) is 5.10 Å². The number of nitrogens with one attached hydrogen (secondary N) is 1. The highest BCUT2D eigenvalue weighted by molar-refractivity contribution is 5.78. The van der Waals surface area contributed by atoms with E-state index in [1.807, 2.05) is 48.0 Å². The minimum Gasteiger partial charge on any atom is -0.506 e. The highest BCUT2D eigenvalue weighted by Gasteiger charge is 2.21. The van der Waals surface area contributed by atoms with Crippen LogP contribution in [0.2, 0.25) is 0 Å². The number of aryl methyl sites for hydroxylation is 1. The third-order valence-corrected chi connectivity index (χ3v) is 6.13. The van der Waals surface area contributed by atoms with Crippen molar-refractivity contribution in [3.8, 4) is 5.75 Å². The lowest BCUT2D eigenvalue weighted by Crippen LogP contribution is -2.49. The van der Waals surface area contributed by atoms with Crippen molar-refractivity contribution >= 4 is 11.6 Å². The summed E-state index contributed by atoms with van der Waals surface area (Å²) < 4.78 is 2.00. The van der Waals surface area contributed by atoms with Crippen LogP contribution in [0.15, 0.2) is 54.6 Å². The van der Waals surface area contributed by atoms with E-state index in [1.165, 1.54) is 5.56 Å². The molecule has 7 heteroatoms. The van der Waals surface area contributed by atoms with Crippen LogP contribution in [0.1, 0.15) is 22.5 Å². The summed E-state index contributed by atoms with van der Waals surface area (Å²) >= 11 is 0. The van der Waals surface area contributed by atoms with Gasteiger partial charge in [-0.3, -0.25) is 14.4 Å². The Morgan fingerprint density at radius 3 is 2.41 bits per heavy atom. The number of phenols is 1. The molecule has 32 heavy (non-hydrogen) atoms. The number of carbonyl (C=O) groups excluding carboxylic acids is 1. The molecule has 1 aromatic heterocycles. The van der Waals surface area contributed by atoms with E-state index in [0.717, 1.165) is 55.4 Å². The minimum atomic E-state index is 0.0237. The van der Waals surface area contributed by atoms with Crippen LogP contribution in [0.4, 0.5) is 5.69 Å². The maximum atomic E-state index is 12.6. The largest absolute Gasteiger partial charge is 0.506 e. The predicted molar refractivity (Wildman–Crippen MR) is 126 cm³/mol. The summed E-state index contributed by atoms with van der Waals surface area (Å²) in [5, 5.41) is 17.8. The van der Waals surface area contributed by atoms with Crippen LogP contribution in [0.25, 0.3) is 0 Å². The number of piperazine rings is 1. The van der Waals surface area contributed by atoms with Crippen LogP contribution in [-0.2, 0) is 17.9 Å². The van der Waals surface area contributed by atoms with Gasteiger partial charge in [0.2, 0.25) is 5.91 Å². The average molecular weight is 434 g/mol. The van der Waals surface area contributed by atoms with Gasteiger partial charge >= 0.3 is 0 Å². The van der Waals surface area contributed by atoms with Gasteiger partial charge in [-0.15, -0.1) is 0 Å². The first-order chi connectivity index (χ1) is 15.5. The molecule has 1 aliphatic rings. The van der Waals surface area contributed by atoms with E-state index in [1.54, 1.807) is 6.07 Å². The molecule has 7 nitrogen and oxygen atoms in total. The number of hydrogen-bond donors (Lipinski definition) is 2. The standard InChI is InChI=1S/C25H31N5O2/c1-19-22(20(2)30(27-19)17-21-8-4-3-5-9-21)16-26-25(32)18-28-12-14-29(15-13-28)23-10-6-7-11-24(23)31/h3-11,31H,12-18H2,1-2H3,(H,26,32). The fourth-order valence-corrected chi connectivity index (χ4v) is 4.22. The van der Waals surface area contributed by atoms with E-state index in [9.17, 15) is 9.90 Å². The van der Waals surface area contributed by atoms with Gasteiger partial charge in [-0.05, 0) is 31.5 Å². The zero-order valence-corrected chi connectivity index (χ0v) is 18.8. The molecule has 0 radical (unpaired) electrons. The van der Waals surface area contributed by atoms with Crippen molar-refractivity contribution in [2.45, 2.75) is 26.9 Å². The number of nitrogens with zero attached hydrogens (tertiary/aromatic N) is 4. The van der Waals surface area contributed by atoms with Gasteiger partial charge in [0.25, 0.3) is 0 Å². The maximum Gasteiger partial charge on any atom is 0.234 e. The number of carbonyl (C=O) groups is 1. The highest BCUT2D eigenvalue weighted by Crippen LogP contribution is 2.27. The van der Waals surface area contributed by atoms with Gasteiger partial charge in [0, 0.05) is 44.0 Å². The Hall–Kier alpha value is -3.32. The number of aromatic hydroxyl groups is 1. The molecule has 0 atom stereocenters. The van der Waals surface area contributed by atoms with Crippen molar-refractivity contribution in [1.82, 2.24) is 20.0 Å². The molecule has 1 aliphatic heterocycles. The van der Waals surface area contributed by atoms with Gasteiger partial charge in [0.05, 0.1) is 24.5 Å². The number of phenolic OH excluding ortho intramolecular Hbond substituents is 1. The number of rotatable bonds is 7. The van der Waals surface area contributed by atoms with E-state index in [-0.39, 0.29) is 5.91 Å². The zero-order chi connectivity index (χ0) is 22.5. The Bertz CT molecular complexity index is 1060. The summed E-state index contributed by atoms with van der Waals surface area (Å²) in [4.78, 5) is 16.9. The Morgan fingerprint density at radius 2 is 1.69 bits per heavy atom. The van der Waals surface area contributed by atoms with Crippen LogP contribution in [0.5, 0.6) is 5.75 Å². The third-order valence-electron chi connectivity index (χ3n) is 6.13. The van der Waals surface area contributed by atoms with Gasteiger partial charge in [-0.25, -0.2) is 0 Å². The average Bonchev–Trinajstić information content (AvgIpc) is 3.06. The molecule has 1 fully saturated rings. The molecule has 1 saturated heterocycles. The van der Waals surface area contributed by atoms with E-state index >= 15 is 0 Å². The minimum absolute atomic E-state index is 0.0237. The smallest absolute Gasteiger partial charge is 0.234 e. The lowest BCUT2D eigenvalue weighted by Gasteiger charge is -2.35.